The molecule has 0 aromatic heterocycles. The summed E-state index contributed by atoms with van der Waals surface area (Å²) < 4.78 is 4.82. The van der Waals surface area contributed by atoms with Crippen molar-refractivity contribution in [3.8, 4) is 0 Å². The first kappa shape index (κ1) is 13.4. The van der Waals surface area contributed by atoms with E-state index in [1.54, 1.807) is 36.4 Å². The van der Waals surface area contributed by atoms with Crippen LogP contribution in [0.5, 0.6) is 0 Å². The summed E-state index contributed by atoms with van der Waals surface area (Å²) in [5.74, 6) is -1.81. The number of carbonyl (C=O) groups excluding carboxylic acids is 2. The van der Waals surface area contributed by atoms with Crippen LogP contribution in [0.15, 0.2) is 47.7 Å². The maximum absolute atomic E-state index is 12.7. The number of rotatable bonds is 3. The number of alkyl halides is 1. The van der Waals surface area contributed by atoms with Gasteiger partial charge in [0.15, 0.2) is 5.78 Å². The van der Waals surface area contributed by atoms with Crippen LogP contribution in [0.1, 0.15) is 10.4 Å². The number of halogens is 1. The zero-order valence-electron chi connectivity index (χ0n) is 10.2. The summed E-state index contributed by atoms with van der Waals surface area (Å²) in [7, 11) is 0. The number of ether oxygens (including phenoxy) is 1. The van der Waals surface area contributed by atoms with Gasteiger partial charge in [-0.1, -0.05) is 52.9 Å². The third-order valence-electron chi connectivity index (χ3n) is 3.71. The fourth-order valence-electron chi connectivity index (χ4n) is 2.65. The third-order valence-corrected chi connectivity index (χ3v) is 5.14. The van der Waals surface area contributed by atoms with Gasteiger partial charge < -0.3 is 4.74 Å². The standard InChI is InChI=1S/C14H10INO4/c15-11-9-6-7-14(16-19,13(18)20-9)10(11)12(17)8-4-2-1-3-5-8/h1-7,9-11H. The smallest absolute Gasteiger partial charge is 0.343 e. The van der Waals surface area contributed by atoms with E-state index in [-0.39, 0.29) is 9.71 Å². The van der Waals surface area contributed by atoms with Crippen molar-refractivity contribution in [3.05, 3.63) is 53.0 Å². The van der Waals surface area contributed by atoms with Crippen LogP contribution in [0.3, 0.4) is 0 Å². The number of ketones is 1. The SMILES string of the molecule is O=NC12C=CC(OC1=O)C(I)C2C(=O)c1ccccc1. The second-order valence-electron chi connectivity index (χ2n) is 4.80. The highest BCUT2D eigenvalue weighted by Crippen LogP contribution is 2.45. The van der Waals surface area contributed by atoms with Gasteiger partial charge in [-0.3, -0.25) is 4.79 Å². The van der Waals surface area contributed by atoms with E-state index in [2.05, 4.69) is 5.18 Å². The minimum absolute atomic E-state index is 0.254. The molecule has 1 saturated heterocycles. The molecule has 0 N–H and O–H groups in total. The molecule has 0 radical (unpaired) electrons. The number of fused-ring (bicyclic) bond motifs is 2. The normalized spacial score (nSPS) is 34.6. The highest BCUT2D eigenvalue weighted by molar-refractivity contribution is 14.1. The van der Waals surface area contributed by atoms with Crippen LogP contribution in [0.4, 0.5) is 0 Å². The second kappa shape index (κ2) is 4.76. The Morgan fingerprint density at radius 3 is 2.60 bits per heavy atom. The van der Waals surface area contributed by atoms with Crippen molar-refractivity contribution in [2.45, 2.75) is 15.6 Å². The van der Waals surface area contributed by atoms with Crippen LogP contribution >= 0.6 is 22.6 Å². The number of hydrogen-bond donors (Lipinski definition) is 0. The molecular formula is C14H10INO4. The van der Waals surface area contributed by atoms with Crippen LogP contribution < -0.4 is 0 Å². The topological polar surface area (TPSA) is 72.8 Å². The molecule has 1 fully saturated rings. The number of Topliss-reactive ketones (excluding diaryl/α,β-unsaturated/α-hetero) is 1. The Labute approximate surface area is 128 Å². The molecule has 4 unspecified atom stereocenters. The van der Waals surface area contributed by atoms with E-state index < -0.39 is 23.5 Å². The third kappa shape index (κ3) is 1.74. The highest BCUT2D eigenvalue weighted by Gasteiger charge is 2.62. The Morgan fingerprint density at radius 2 is 2.00 bits per heavy atom. The molecule has 4 rings (SSSR count). The predicted molar refractivity (Wildman–Crippen MR) is 79.6 cm³/mol. The van der Waals surface area contributed by atoms with E-state index in [0.717, 1.165) is 0 Å². The number of esters is 1. The zero-order valence-corrected chi connectivity index (χ0v) is 12.4. The number of benzene rings is 1. The quantitative estimate of drug-likeness (QED) is 0.201. The van der Waals surface area contributed by atoms with Crippen LogP contribution in [0.25, 0.3) is 0 Å². The van der Waals surface area contributed by atoms with Gasteiger partial charge in [-0.05, 0) is 17.3 Å². The summed E-state index contributed by atoms with van der Waals surface area (Å²) in [5, 5.41) is 2.96. The average Bonchev–Trinajstić information content (AvgIpc) is 2.49. The minimum atomic E-state index is -1.73. The van der Waals surface area contributed by atoms with E-state index in [4.69, 9.17) is 4.74 Å². The molecule has 20 heavy (non-hydrogen) atoms. The van der Waals surface area contributed by atoms with Gasteiger partial charge in [0.25, 0.3) is 0 Å². The Hall–Kier alpha value is -1.57. The molecule has 1 aliphatic carbocycles. The lowest BCUT2D eigenvalue weighted by Crippen LogP contribution is -2.61. The van der Waals surface area contributed by atoms with Crippen molar-refractivity contribution in [1.82, 2.24) is 0 Å². The van der Waals surface area contributed by atoms with Gasteiger partial charge in [-0.15, -0.1) is 4.91 Å². The highest BCUT2D eigenvalue weighted by atomic mass is 127. The maximum atomic E-state index is 12.7. The Kier molecular flexibility index (Phi) is 3.19. The molecule has 2 aliphatic heterocycles. The van der Waals surface area contributed by atoms with E-state index in [9.17, 15) is 14.5 Å². The fraction of sp³-hybridized carbons (Fsp3) is 0.286. The molecule has 1 aromatic carbocycles. The van der Waals surface area contributed by atoms with Crippen LogP contribution in [-0.2, 0) is 9.53 Å². The summed E-state index contributed by atoms with van der Waals surface area (Å²) in [4.78, 5) is 35.9. The summed E-state index contributed by atoms with van der Waals surface area (Å²) >= 11 is 2.05. The molecule has 1 aromatic rings. The number of nitrogens with zero attached hydrogens (tertiary/aromatic N) is 1. The van der Waals surface area contributed by atoms with Crippen molar-refractivity contribution in [2.24, 2.45) is 11.1 Å². The van der Waals surface area contributed by atoms with Crippen molar-refractivity contribution in [2.75, 3.05) is 0 Å². The van der Waals surface area contributed by atoms with Crippen LogP contribution in [0, 0.1) is 10.8 Å². The lowest BCUT2D eigenvalue weighted by atomic mass is 9.71. The van der Waals surface area contributed by atoms with Gasteiger partial charge in [0.1, 0.15) is 6.10 Å². The van der Waals surface area contributed by atoms with Gasteiger partial charge in [0.2, 0.25) is 5.54 Å². The zero-order chi connectivity index (χ0) is 14.3. The molecule has 0 saturated carbocycles. The second-order valence-corrected chi connectivity index (χ2v) is 6.24. The van der Waals surface area contributed by atoms with Gasteiger partial charge in [0, 0.05) is 5.56 Å². The van der Waals surface area contributed by atoms with E-state index in [1.165, 1.54) is 6.08 Å². The summed E-state index contributed by atoms with van der Waals surface area (Å²) in [6, 6.07) is 8.62. The fourth-order valence-corrected chi connectivity index (χ4v) is 3.91. The summed E-state index contributed by atoms with van der Waals surface area (Å²) in [6.07, 6.45) is 2.57. The average molecular weight is 383 g/mol. The van der Waals surface area contributed by atoms with Gasteiger partial charge in [-0.25, -0.2) is 4.79 Å². The molecule has 102 valence electrons. The Bertz CT molecular complexity index is 615. The van der Waals surface area contributed by atoms with Gasteiger partial charge in [-0.2, -0.15) is 0 Å². The molecule has 2 heterocycles. The van der Waals surface area contributed by atoms with E-state index >= 15 is 0 Å². The lowest BCUT2D eigenvalue weighted by Gasteiger charge is -2.44. The summed E-state index contributed by atoms with van der Waals surface area (Å²) in [6.45, 7) is 0. The Balaban J connectivity index is 2.08. The van der Waals surface area contributed by atoms with Gasteiger partial charge >= 0.3 is 5.97 Å². The Morgan fingerprint density at radius 1 is 1.30 bits per heavy atom. The number of nitroso groups, excluding NO2 is 1. The number of hydrogen-bond acceptors (Lipinski definition) is 5. The van der Waals surface area contributed by atoms with Crippen LogP contribution in [-0.4, -0.2) is 27.3 Å². The van der Waals surface area contributed by atoms with Crippen molar-refractivity contribution >= 4 is 34.3 Å². The van der Waals surface area contributed by atoms with Crippen molar-refractivity contribution in [1.29, 1.82) is 0 Å². The summed E-state index contributed by atoms with van der Waals surface area (Å²) in [5.41, 5.74) is -1.26. The molecule has 3 aliphatic rings. The molecule has 4 atom stereocenters. The molecule has 5 nitrogen and oxygen atoms in total. The van der Waals surface area contributed by atoms with Gasteiger partial charge in [0.05, 0.1) is 9.84 Å². The first-order chi connectivity index (χ1) is 9.60. The molecule has 2 bridgehead atoms. The predicted octanol–water partition coefficient (Wildman–Crippen LogP) is 2.29. The largest absolute Gasteiger partial charge is 0.455 e. The number of carbonyl (C=O) groups is 2. The lowest BCUT2D eigenvalue weighted by molar-refractivity contribution is -0.160. The molecule has 0 amide bonds. The van der Waals surface area contributed by atoms with Crippen LogP contribution in [0.2, 0.25) is 0 Å². The van der Waals surface area contributed by atoms with Crippen molar-refractivity contribution < 1.29 is 14.3 Å². The molecule has 6 heteroatoms. The first-order valence-electron chi connectivity index (χ1n) is 6.08. The minimum Gasteiger partial charge on any atom is -0.455 e. The van der Waals surface area contributed by atoms with E-state index in [0.29, 0.717) is 5.56 Å². The molecular weight excluding hydrogens is 373 g/mol. The van der Waals surface area contributed by atoms with E-state index in [1.807, 2.05) is 22.6 Å². The maximum Gasteiger partial charge on any atom is 0.343 e. The monoisotopic (exact) mass is 383 g/mol. The molecule has 0 spiro atoms. The first-order valence-corrected chi connectivity index (χ1v) is 7.33. The van der Waals surface area contributed by atoms with Crippen molar-refractivity contribution in [3.63, 3.8) is 0 Å².